The van der Waals surface area contributed by atoms with Crippen LogP contribution in [0.5, 0.6) is 0 Å². The summed E-state index contributed by atoms with van der Waals surface area (Å²) in [5.74, 6) is 0.207. The van der Waals surface area contributed by atoms with Crippen LogP contribution in [0.25, 0.3) is 0 Å². The van der Waals surface area contributed by atoms with E-state index in [4.69, 9.17) is 4.74 Å². The summed E-state index contributed by atoms with van der Waals surface area (Å²) in [5.41, 5.74) is 1.68. The highest BCUT2D eigenvalue weighted by Crippen LogP contribution is 2.30. The highest BCUT2D eigenvalue weighted by Gasteiger charge is 2.32. The van der Waals surface area contributed by atoms with Crippen molar-refractivity contribution in [3.63, 3.8) is 0 Å². The van der Waals surface area contributed by atoms with Gasteiger partial charge in [0.05, 0.1) is 29.6 Å². The number of nitrogens with zero attached hydrogens (tertiary/aromatic N) is 6. The Kier molecular flexibility index (Phi) is 6.99. The molecule has 1 fully saturated rings. The van der Waals surface area contributed by atoms with Crippen LogP contribution in [0, 0.1) is 0 Å². The Balaban J connectivity index is 1.80. The number of amides is 2. The second-order valence-corrected chi connectivity index (χ2v) is 7.43. The second kappa shape index (κ2) is 9.66. The smallest absolute Gasteiger partial charge is 0.257 e. The molecule has 10 heteroatoms. The van der Waals surface area contributed by atoms with Crippen molar-refractivity contribution >= 4 is 17.8 Å². The van der Waals surface area contributed by atoms with Crippen LogP contribution in [0.3, 0.4) is 0 Å². The SMILES string of the molecule is CCn1cc(C(=O)N2CCC(c3nc(N(C)C)ncc3C(=O)NCCOC)C2)cn1. The van der Waals surface area contributed by atoms with Gasteiger partial charge in [0.15, 0.2) is 0 Å². The Hall–Kier alpha value is -3.01. The van der Waals surface area contributed by atoms with Crippen LogP contribution in [0.1, 0.15) is 45.7 Å². The molecule has 0 spiro atoms. The number of likely N-dealkylation sites (tertiary alicyclic amines) is 1. The van der Waals surface area contributed by atoms with Gasteiger partial charge in [-0.3, -0.25) is 14.3 Å². The summed E-state index contributed by atoms with van der Waals surface area (Å²) in [7, 11) is 5.29. The summed E-state index contributed by atoms with van der Waals surface area (Å²) in [6.07, 6.45) is 5.66. The van der Waals surface area contributed by atoms with E-state index in [9.17, 15) is 9.59 Å². The first kappa shape index (κ1) is 21.7. The van der Waals surface area contributed by atoms with Gasteiger partial charge in [-0.1, -0.05) is 0 Å². The Morgan fingerprint density at radius 3 is 2.80 bits per heavy atom. The maximum Gasteiger partial charge on any atom is 0.257 e. The number of carbonyl (C=O) groups excluding carboxylic acids is 2. The minimum Gasteiger partial charge on any atom is -0.383 e. The molecule has 1 unspecified atom stereocenters. The molecule has 162 valence electrons. The molecule has 2 aromatic heterocycles. The Bertz CT molecular complexity index is 896. The fraction of sp³-hybridized carbons (Fsp3) is 0.550. The lowest BCUT2D eigenvalue weighted by molar-refractivity contribution is 0.0790. The molecule has 2 amide bonds. The van der Waals surface area contributed by atoms with Crippen LogP contribution in [-0.4, -0.2) is 83.9 Å². The lowest BCUT2D eigenvalue weighted by atomic mass is 9.99. The minimum absolute atomic E-state index is 0.0416. The van der Waals surface area contributed by atoms with E-state index in [1.165, 1.54) is 0 Å². The van der Waals surface area contributed by atoms with E-state index in [2.05, 4.69) is 20.4 Å². The van der Waals surface area contributed by atoms with Gasteiger partial charge >= 0.3 is 0 Å². The first-order valence-electron chi connectivity index (χ1n) is 10.1. The van der Waals surface area contributed by atoms with E-state index in [-0.39, 0.29) is 17.7 Å². The van der Waals surface area contributed by atoms with E-state index in [0.717, 1.165) is 6.42 Å². The fourth-order valence-electron chi connectivity index (χ4n) is 3.45. The van der Waals surface area contributed by atoms with Crippen molar-refractivity contribution in [2.24, 2.45) is 0 Å². The van der Waals surface area contributed by atoms with Gasteiger partial charge in [-0.15, -0.1) is 0 Å². The summed E-state index contributed by atoms with van der Waals surface area (Å²) in [6.45, 7) is 4.62. The van der Waals surface area contributed by atoms with Gasteiger partial charge in [0.2, 0.25) is 5.95 Å². The first-order chi connectivity index (χ1) is 14.4. The average Bonchev–Trinajstić information content (AvgIpc) is 3.42. The molecule has 1 aliphatic heterocycles. The maximum atomic E-state index is 12.9. The number of aromatic nitrogens is 4. The summed E-state index contributed by atoms with van der Waals surface area (Å²) >= 11 is 0. The number of carbonyl (C=O) groups is 2. The average molecular weight is 415 g/mol. The van der Waals surface area contributed by atoms with E-state index in [1.54, 1.807) is 40.2 Å². The van der Waals surface area contributed by atoms with Crippen LogP contribution in [-0.2, 0) is 11.3 Å². The molecule has 3 rings (SSSR count). The Labute approximate surface area is 176 Å². The monoisotopic (exact) mass is 415 g/mol. The normalized spacial score (nSPS) is 16.0. The number of aryl methyl sites for hydroxylation is 1. The third-order valence-electron chi connectivity index (χ3n) is 5.11. The number of ether oxygens (including phenoxy) is 1. The lowest BCUT2D eigenvalue weighted by Crippen LogP contribution is -2.31. The van der Waals surface area contributed by atoms with Crippen LogP contribution >= 0.6 is 0 Å². The molecular weight excluding hydrogens is 386 g/mol. The number of nitrogens with one attached hydrogen (secondary N) is 1. The molecule has 0 bridgehead atoms. The molecule has 3 heterocycles. The number of methoxy groups -OCH3 is 1. The number of hydrogen-bond donors (Lipinski definition) is 1. The van der Waals surface area contributed by atoms with Crippen molar-refractivity contribution < 1.29 is 14.3 Å². The van der Waals surface area contributed by atoms with Gasteiger partial charge in [-0.05, 0) is 13.3 Å². The molecule has 30 heavy (non-hydrogen) atoms. The number of rotatable bonds is 8. The van der Waals surface area contributed by atoms with Crippen molar-refractivity contribution in [3.8, 4) is 0 Å². The summed E-state index contributed by atoms with van der Waals surface area (Å²) < 4.78 is 6.73. The zero-order valence-electron chi connectivity index (χ0n) is 18.0. The molecule has 1 N–H and O–H groups in total. The van der Waals surface area contributed by atoms with E-state index < -0.39 is 0 Å². The molecule has 0 radical (unpaired) electrons. The van der Waals surface area contributed by atoms with E-state index in [1.807, 2.05) is 21.0 Å². The highest BCUT2D eigenvalue weighted by atomic mass is 16.5. The maximum absolute atomic E-state index is 12.9. The van der Waals surface area contributed by atoms with Crippen molar-refractivity contribution in [2.45, 2.75) is 25.8 Å². The van der Waals surface area contributed by atoms with E-state index >= 15 is 0 Å². The highest BCUT2D eigenvalue weighted by molar-refractivity contribution is 5.96. The predicted molar refractivity (Wildman–Crippen MR) is 112 cm³/mol. The Morgan fingerprint density at radius 1 is 1.33 bits per heavy atom. The van der Waals surface area contributed by atoms with Crippen LogP contribution in [0.4, 0.5) is 5.95 Å². The molecule has 0 aromatic carbocycles. The van der Waals surface area contributed by atoms with Gasteiger partial charge in [0.1, 0.15) is 0 Å². The zero-order chi connectivity index (χ0) is 21.7. The molecule has 10 nitrogen and oxygen atoms in total. The van der Waals surface area contributed by atoms with Crippen LogP contribution < -0.4 is 10.2 Å². The summed E-state index contributed by atoms with van der Waals surface area (Å²) in [6, 6.07) is 0. The first-order valence-corrected chi connectivity index (χ1v) is 10.1. The standard InChI is InChI=1S/C20H29N7O3/c1-5-27-13-15(10-23-27)19(29)26-8-6-14(12-26)17-16(18(28)21-7-9-30-4)11-22-20(24-17)25(2)3/h10-11,13-14H,5-9,12H2,1-4H3,(H,21,28). The fourth-order valence-corrected chi connectivity index (χ4v) is 3.45. The van der Waals surface area contributed by atoms with Crippen molar-refractivity contribution in [2.75, 3.05) is 52.3 Å². The third-order valence-corrected chi connectivity index (χ3v) is 5.11. The van der Waals surface area contributed by atoms with Gasteiger partial charge in [0.25, 0.3) is 11.8 Å². The van der Waals surface area contributed by atoms with Crippen LogP contribution in [0.15, 0.2) is 18.6 Å². The lowest BCUT2D eigenvalue weighted by Gasteiger charge is -2.19. The third kappa shape index (κ3) is 4.76. The quantitative estimate of drug-likeness (QED) is 0.635. The molecular formula is C20H29N7O3. The van der Waals surface area contributed by atoms with Crippen molar-refractivity contribution in [1.29, 1.82) is 0 Å². The molecule has 1 atom stereocenters. The van der Waals surface area contributed by atoms with E-state index in [0.29, 0.717) is 55.6 Å². The molecule has 1 aliphatic rings. The minimum atomic E-state index is -0.235. The zero-order valence-corrected chi connectivity index (χ0v) is 18.0. The largest absolute Gasteiger partial charge is 0.383 e. The topological polar surface area (TPSA) is 105 Å². The number of hydrogen-bond acceptors (Lipinski definition) is 7. The Morgan fingerprint density at radius 2 is 2.13 bits per heavy atom. The van der Waals surface area contributed by atoms with Crippen molar-refractivity contribution in [1.82, 2.24) is 30.0 Å². The molecule has 1 saturated heterocycles. The van der Waals surface area contributed by atoms with Crippen molar-refractivity contribution in [3.05, 3.63) is 35.4 Å². The predicted octanol–water partition coefficient (Wildman–Crippen LogP) is 0.765. The summed E-state index contributed by atoms with van der Waals surface area (Å²) in [5, 5.41) is 7.02. The molecule has 0 saturated carbocycles. The summed E-state index contributed by atoms with van der Waals surface area (Å²) in [4.78, 5) is 38.1. The van der Waals surface area contributed by atoms with Gasteiger partial charge in [-0.2, -0.15) is 5.10 Å². The van der Waals surface area contributed by atoms with Gasteiger partial charge < -0.3 is 19.9 Å². The second-order valence-electron chi connectivity index (χ2n) is 7.43. The number of anilines is 1. The van der Waals surface area contributed by atoms with Gasteiger partial charge in [0, 0.05) is 65.7 Å². The van der Waals surface area contributed by atoms with Crippen LogP contribution in [0.2, 0.25) is 0 Å². The van der Waals surface area contributed by atoms with Gasteiger partial charge in [-0.25, -0.2) is 9.97 Å². The molecule has 2 aromatic rings. The molecule has 0 aliphatic carbocycles.